The SMILES string of the molecule is C[C@]1(N)C[C@@H](n2cc(-c3nc(NC4CCN(S(=O)(=O)C5CCC5)CC4)ncc3C(F)(F)F)cn2)C1. The van der Waals surface area contributed by atoms with Crippen LogP contribution in [0.3, 0.4) is 0 Å². The molecule has 192 valence electrons. The lowest BCUT2D eigenvalue weighted by atomic mass is 9.75. The Morgan fingerprint density at radius 1 is 1.14 bits per heavy atom. The minimum atomic E-state index is -4.62. The van der Waals surface area contributed by atoms with Gasteiger partial charge in [-0.3, -0.25) is 4.68 Å². The normalized spacial score (nSPS) is 26.8. The first-order valence-electron chi connectivity index (χ1n) is 12.0. The summed E-state index contributed by atoms with van der Waals surface area (Å²) in [4.78, 5) is 8.13. The van der Waals surface area contributed by atoms with Crippen molar-refractivity contribution in [2.45, 2.75) is 80.9 Å². The number of alkyl halides is 3. The quantitative estimate of drug-likeness (QED) is 0.609. The van der Waals surface area contributed by atoms with E-state index in [4.69, 9.17) is 5.73 Å². The number of hydrogen-bond acceptors (Lipinski definition) is 7. The molecule has 13 heteroatoms. The number of rotatable bonds is 6. The standard InChI is InChI=1S/C22H30F3N7O2S/c1-21(26)9-16(10-21)32-13-14(11-28-32)19-18(22(23,24)25)12-27-20(30-19)29-15-5-7-31(8-6-15)35(33,34)17-3-2-4-17/h11-13,15-17H,2-10,26H2,1H3,(H,27,29,30)/t16-,21+. The van der Waals surface area contributed by atoms with Crippen molar-refractivity contribution in [3.63, 3.8) is 0 Å². The lowest BCUT2D eigenvalue weighted by molar-refractivity contribution is -0.137. The van der Waals surface area contributed by atoms with Gasteiger partial charge in [0.15, 0.2) is 0 Å². The largest absolute Gasteiger partial charge is 0.419 e. The molecule has 3 heterocycles. The smallest absolute Gasteiger partial charge is 0.351 e. The summed E-state index contributed by atoms with van der Waals surface area (Å²) in [6.07, 6.45) is 3.97. The minimum absolute atomic E-state index is 0.0499. The highest BCUT2D eigenvalue weighted by Crippen LogP contribution is 2.41. The second-order valence-electron chi connectivity index (χ2n) is 10.3. The van der Waals surface area contributed by atoms with Crippen molar-refractivity contribution in [1.29, 1.82) is 0 Å². The van der Waals surface area contributed by atoms with Crippen LogP contribution in [0.15, 0.2) is 18.6 Å². The number of sulfonamides is 1. The van der Waals surface area contributed by atoms with Gasteiger partial charge in [-0.25, -0.2) is 22.7 Å². The zero-order valence-corrected chi connectivity index (χ0v) is 20.3. The van der Waals surface area contributed by atoms with Gasteiger partial charge in [0.1, 0.15) is 5.56 Å². The summed E-state index contributed by atoms with van der Waals surface area (Å²) in [6, 6.07) is -0.0822. The van der Waals surface area contributed by atoms with Crippen molar-refractivity contribution in [1.82, 2.24) is 24.1 Å². The number of nitrogens with one attached hydrogen (secondary N) is 1. The summed E-state index contributed by atoms with van der Waals surface area (Å²) in [5.74, 6) is 0.0826. The van der Waals surface area contributed by atoms with Crippen molar-refractivity contribution in [3.05, 3.63) is 24.2 Å². The van der Waals surface area contributed by atoms with E-state index in [1.807, 2.05) is 6.92 Å². The molecular weight excluding hydrogens is 483 g/mol. The van der Waals surface area contributed by atoms with E-state index in [1.165, 1.54) is 10.5 Å². The Hall–Kier alpha value is -2.25. The number of hydrogen-bond donors (Lipinski definition) is 2. The third-order valence-electron chi connectivity index (χ3n) is 7.37. The monoisotopic (exact) mass is 513 g/mol. The topological polar surface area (TPSA) is 119 Å². The molecule has 35 heavy (non-hydrogen) atoms. The summed E-state index contributed by atoms with van der Waals surface area (Å²) in [7, 11) is -3.26. The van der Waals surface area contributed by atoms with Crippen LogP contribution in [0.25, 0.3) is 11.3 Å². The molecule has 0 aromatic carbocycles. The molecule has 1 saturated heterocycles. The molecule has 3 fully saturated rings. The van der Waals surface area contributed by atoms with E-state index < -0.39 is 21.8 Å². The average molecular weight is 514 g/mol. The zero-order valence-electron chi connectivity index (χ0n) is 19.5. The molecule has 5 rings (SSSR count). The molecule has 3 aliphatic rings. The molecule has 1 aliphatic heterocycles. The van der Waals surface area contributed by atoms with E-state index >= 15 is 0 Å². The van der Waals surface area contributed by atoms with Gasteiger partial charge in [-0.2, -0.15) is 18.3 Å². The zero-order chi connectivity index (χ0) is 25.0. The number of aromatic nitrogens is 4. The maximum Gasteiger partial charge on any atom is 0.419 e. The summed E-state index contributed by atoms with van der Waals surface area (Å²) < 4.78 is 69.6. The predicted octanol–water partition coefficient (Wildman–Crippen LogP) is 3.17. The van der Waals surface area contributed by atoms with Crippen LogP contribution < -0.4 is 11.1 Å². The first-order valence-corrected chi connectivity index (χ1v) is 13.5. The van der Waals surface area contributed by atoms with Crippen LogP contribution in [-0.2, 0) is 16.2 Å². The summed E-state index contributed by atoms with van der Waals surface area (Å²) in [5, 5.41) is 7.09. The van der Waals surface area contributed by atoms with Gasteiger partial charge in [-0.1, -0.05) is 6.42 Å². The van der Waals surface area contributed by atoms with Crippen LogP contribution in [0.2, 0.25) is 0 Å². The Kier molecular flexibility index (Phi) is 6.07. The van der Waals surface area contributed by atoms with Crippen LogP contribution in [0.4, 0.5) is 19.1 Å². The molecule has 0 spiro atoms. The van der Waals surface area contributed by atoms with Crippen LogP contribution in [0, 0.1) is 0 Å². The molecule has 0 unspecified atom stereocenters. The molecule has 2 aromatic heterocycles. The van der Waals surface area contributed by atoms with Crippen molar-refractivity contribution in [2.75, 3.05) is 18.4 Å². The first-order chi connectivity index (χ1) is 16.4. The van der Waals surface area contributed by atoms with Gasteiger partial charge < -0.3 is 11.1 Å². The second kappa shape index (κ2) is 8.70. The summed E-state index contributed by atoms with van der Waals surface area (Å²) in [6.45, 7) is 2.68. The van der Waals surface area contributed by atoms with Crippen molar-refractivity contribution in [3.8, 4) is 11.3 Å². The molecule has 0 atom stereocenters. The average Bonchev–Trinajstić information content (AvgIpc) is 3.20. The molecule has 2 saturated carbocycles. The first kappa shape index (κ1) is 24.4. The molecule has 0 bridgehead atoms. The fourth-order valence-corrected chi connectivity index (χ4v) is 7.13. The summed E-state index contributed by atoms with van der Waals surface area (Å²) >= 11 is 0. The molecule has 2 aromatic rings. The van der Waals surface area contributed by atoms with Crippen LogP contribution in [0.5, 0.6) is 0 Å². The molecule has 2 aliphatic carbocycles. The van der Waals surface area contributed by atoms with E-state index in [2.05, 4.69) is 20.4 Å². The summed E-state index contributed by atoms with van der Waals surface area (Å²) in [5.41, 5.74) is 4.87. The minimum Gasteiger partial charge on any atom is -0.351 e. The van der Waals surface area contributed by atoms with Gasteiger partial charge in [-0.15, -0.1) is 0 Å². The van der Waals surface area contributed by atoms with E-state index in [0.717, 1.165) is 12.6 Å². The van der Waals surface area contributed by atoms with Crippen LogP contribution in [-0.4, -0.2) is 62.4 Å². The third-order valence-corrected chi connectivity index (χ3v) is 9.77. The fourth-order valence-electron chi connectivity index (χ4n) is 5.06. The van der Waals surface area contributed by atoms with Gasteiger partial charge in [0, 0.05) is 42.6 Å². The molecule has 0 radical (unpaired) electrons. The van der Waals surface area contributed by atoms with Gasteiger partial charge in [0.2, 0.25) is 16.0 Å². The molecule has 9 nitrogen and oxygen atoms in total. The van der Waals surface area contributed by atoms with Crippen molar-refractivity contribution >= 4 is 16.0 Å². The van der Waals surface area contributed by atoms with Crippen molar-refractivity contribution in [2.24, 2.45) is 5.73 Å². The Balaban J connectivity index is 1.30. The van der Waals surface area contributed by atoms with Gasteiger partial charge >= 0.3 is 6.18 Å². The molecule has 0 amide bonds. The number of piperidine rings is 1. The number of halogens is 3. The highest BCUT2D eigenvalue weighted by Gasteiger charge is 2.40. The van der Waals surface area contributed by atoms with Gasteiger partial charge in [0.05, 0.1) is 23.2 Å². The Bertz CT molecular complexity index is 1180. The van der Waals surface area contributed by atoms with E-state index in [0.29, 0.717) is 51.6 Å². The second-order valence-corrected chi connectivity index (χ2v) is 12.5. The lowest BCUT2D eigenvalue weighted by Crippen LogP contribution is -2.49. The lowest BCUT2D eigenvalue weighted by Gasteiger charge is -2.42. The maximum atomic E-state index is 13.7. The van der Waals surface area contributed by atoms with E-state index in [9.17, 15) is 21.6 Å². The van der Waals surface area contributed by atoms with E-state index in [-0.39, 0.29) is 40.1 Å². The van der Waals surface area contributed by atoms with Crippen LogP contribution in [0.1, 0.15) is 63.5 Å². The fraction of sp³-hybridized carbons (Fsp3) is 0.682. The van der Waals surface area contributed by atoms with Crippen molar-refractivity contribution < 1.29 is 21.6 Å². The predicted molar refractivity (Wildman–Crippen MR) is 124 cm³/mol. The number of nitrogens with two attached hydrogens (primary N) is 1. The Labute approximate surface area is 202 Å². The highest BCUT2D eigenvalue weighted by atomic mass is 32.2. The third kappa shape index (κ3) is 4.90. The number of anilines is 1. The van der Waals surface area contributed by atoms with Crippen LogP contribution >= 0.6 is 0 Å². The molecular formula is C22H30F3N7O2S. The Morgan fingerprint density at radius 2 is 1.83 bits per heavy atom. The van der Waals surface area contributed by atoms with Gasteiger partial charge in [-0.05, 0) is 45.4 Å². The maximum absolute atomic E-state index is 13.7. The van der Waals surface area contributed by atoms with E-state index in [1.54, 1.807) is 10.9 Å². The highest BCUT2D eigenvalue weighted by molar-refractivity contribution is 7.89. The van der Waals surface area contributed by atoms with Gasteiger partial charge in [0.25, 0.3) is 0 Å². The molecule has 3 N–H and O–H groups in total. The Morgan fingerprint density at radius 3 is 2.40 bits per heavy atom. The number of nitrogens with zero attached hydrogens (tertiary/aromatic N) is 5.